The summed E-state index contributed by atoms with van der Waals surface area (Å²) >= 11 is 9.62. The standard InChI is InChI=1S/C14H12BrClN4/c1-8-12(16)14(17)20(19-8)7-9-4-5-11(15)10-3-2-6-18-13(9)10/h2-6H,7,17H2,1H3. The molecule has 0 bridgehead atoms. The summed E-state index contributed by atoms with van der Waals surface area (Å²) in [6.45, 7) is 2.38. The van der Waals surface area contributed by atoms with Crippen molar-refractivity contribution in [2.75, 3.05) is 5.73 Å². The number of hydrogen-bond acceptors (Lipinski definition) is 3. The molecule has 0 saturated heterocycles. The van der Waals surface area contributed by atoms with E-state index in [1.807, 2.05) is 31.2 Å². The summed E-state index contributed by atoms with van der Waals surface area (Å²) in [6.07, 6.45) is 1.78. The Labute approximate surface area is 129 Å². The number of nitrogen functional groups attached to an aromatic ring is 1. The molecule has 0 atom stereocenters. The van der Waals surface area contributed by atoms with E-state index in [2.05, 4.69) is 26.0 Å². The zero-order valence-corrected chi connectivity index (χ0v) is 13.1. The van der Waals surface area contributed by atoms with E-state index in [0.717, 1.165) is 26.6 Å². The van der Waals surface area contributed by atoms with Crippen molar-refractivity contribution in [2.45, 2.75) is 13.5 Å². The molecule has 0 aliphatic carbocycles. The van der Waals surface area contributed by atoms with Crippen LogP contribution >= 0.6 is 27.5 Å². The van der Waals surface area contributed by atoms with Gasteiger partial charge in [0.05, 0.1) is 17.8 Å². The van der Waals surface area contributed by atoms with E-state index in [1.165, 1.54) is 0 Å². The number of pyridine rings is 1. The molecule has 0 spiro atoms. The number of anilines is 1. The highest BCUT2D eigenvalue weighted by Crippen LogP contribution is 2.28. The van der Waals surface area contributed by atoms with Gasteiger partial charge in [0.15, 0.2) is 0 Å². The van der Waals surface area contributed by atoms with E-state index in [0.29, 0.717) is 17.4 Å². The summed E-state index contributed by atoms with van der Waals surface area (Å²) in [5, 5.41) is 5.94. The van der Waals surface area contributed by atoms with Gasteiger partial charge in [-0.05, 0) is 24.6 Å². The van der Waals surface area contributed by atoms with Gasteiger partial charge in [-0.25, -0.2) is 4.68 Å². The van der Waals surface area contributed by atoms with Crippen molar-refractivity contribution >= 4 is 44.3 Å². The lowest BCUT2D eigenvalue weighted by atomic mass is 10.1. The van der Waals surface area contributed by atoms with Gasteiger partial charge in [0.25, 0.3) is 0 Å². The van der Waals surface area contributed by atoms with Crippen LogP contribution in [0.3, 0.4) is 0 Å². The van der Waals surface area contributed by atoms with Crippen LogP contribution in [0, 0.1) is 6.92 Å². The maximum Gasteiger partial charge on any atom is 0.141 e. The van der Waals surface area contributed by atoms with Gasteiger partial charge in [-0.15, -0.1) is 0 Å². The van der Waals surface area contributed by atoms with Gasteiger partial charge in [-0.1, -0.05) is 39.7 Å². The Balaban J connectivity index is 2.11. The highest BCUT2D eigenvalue weighted by Gasteiger charge is 2.12. The van der Waals surface area contributed by atoms with Crippen LogP contribution in [0.1, 0.15) is 11.3 Å². The molecule has 2 aromatic heterocycles. The van der Waals surface area contributed by atoms with Crippen molar-refractivity contribution in [1.29, 1.82) is 0 Å². The minimum Gasteiger partial charge on any atom is -0.383 e. The Morgan fingerprint density at radius 1 is 1.35 bits per heavy atom. The molecule has 3 rings (SSSR count). The van der Waals surface area contributed by atoms with Crippen molar-refractivity contribution in [3.8, 4) is 0 Å². The number of nitrogens with zero attached hydrogens (tertiary/aromatic N) is 3. The molecule has 0 fully saturated rings. The van der Waals surface area contributed by atoms with Crippen molar-refractivity contribution in [3.05, 3.63) is 51.2 Å². The average Bonchev–Trinajstić information content (AvgIpc) is 2.70. The first-order valence-electron chi connectivity index (χ1n) is 6.08. The quantitative estimate of drug-likeness (QED) is 0.764. The summed E-state index contributed by atoms with van der Waals surface area (Å²) in [6, 6.07) is 7.97. The topological polar surface area (TPSA) is 56.7 Å². The smallest absolute Gasteiger partial charge is 0.141 e. The van der Waals surface area contributed by atoms with Crippen LogP contribution in [-0.2, 0) is 6.54 Å². The lowest BCUT2D eigenvalue weighted by Crippen LogP contribution is -2.07. The fraction of sp³-hybridized carbons (Fsp3) is 0.143. The van der Waals surface area contributed by atoms with Gasteiger partial charge in [0.2, 0.25) is 0 Å². The Hall–Kier alpha value is -1.59. The molecule has 0 amide bonds. The normalized spacial score (nSPS) is 11.2. The summed E-state index contributed by atoms with van der Waals surface area (Å²) in [5.41, 5.74) is 8.69. The van der Waals surface area contributed by atoms with Gasteiger partial charge in [0, 0.05) is 16.1 Å². The highest BCUT2D eigenvalue weighted by atomic mass is 79.9. The van der Waals surface area contributed by atoms with E-state index in [4.69, 9.17) is 17.3 Å². The number of aromatic nitrogens is 3. The number of nitrogens with two attached hydrogens (primary N) is 1. The number of benzene rings is 1. The first-order valence-corrected chi connectivity index (χ1v) is 7.25. The minimum absolute atomic E-state index is 0.483. The first-order chi connectivity index (χ1) is 9.58. The van der Waals surface area contributed by atoms with Gasteiger partial charge in [-0.3, -0.25) is 4.98 Å². The van der Waals surface area contributed by atoms with E-state index in [9.17, 15) is 0 Å². The molecule has 4 nitrogen and oxygen atoms in total. The van der Waals surface area contributed by atoms with Crippen LogP contribution in [0.5, 0.6) is 0 Å². The maximum atomic E-state index is 6.08. The maximum absolute atomic E-state index is 6.08. The van der Waals surface area contributed by atoms with Crippen LogP contribution in [-0.4, -0.2) is 14.8 Å². The molecule has 0 aliphatic heterocycles. The second-order valence-corrected chi connectivity index (χ2v) is 5.78. The van der Waals surface area contributed by atoms with E-state index in [1.54, 1.807) is 10.9 Å². The number of halogens is 2. The van der Waals surface area contributed by atoms with E-state index in [-0.39, 0.29) is 0 Å². The zero-order chi connectivity index (χ0) is 14.3. The molecular weight excluding hydrogens is 340 g/mol. The third-order valence-corrected chi connectivity index (χ3v) is 4.37. The fourth-order valence-corrected chi connectivity index (χ4v) is 2.77. The molecule has 0 radical (unpaired) electrons. The summed E-state index contributed by atoms with van der Waals surface area (Å²) in [7, 11) is 0. The van der Waals surface area contributed by atoms with Crippen LogP contribution in [0.4, 0.5) is 5.82 Å². The second-order valence-electron chi connectivity index (χ2n) is 4.55. The number of aryl methyl sites for hydroxylation is 1. The largest absolute Gasteiger partial charge is 0.383 e. The minimum atomic E-state index is 0.483. The third-order valence-electron chi connectivity index (χ3n) is 3.21. The van der Waals surface area contributed by atoms with Crippen molar-refractivity contribution in [1.82, 2.24) is 14.8 Å². The molecule has 3 aromatic rings. The Morgan fingerprint density at radius 2 is 2.15 bits per heavy atom. The lowest BCUT2D eigenvalue weighted by molar-refractivity contribution is 0.691. The second kappa shape index (κ2) is 5.07. The average molecular weight is 352 g/mol. The van der Waals surface area contributed by atoms with Gasteiger partial charge in [0.1, 0.15) is 10.8 Å². The molecule has 20 heavy (non-hydrogen) atoms. The number of fused-ring (bicyclic) bond motifs is 1. The predicted molar refractivity (Wildman–Crippen MR) is 84.9 cm³/mol. The number of rotatable bonds is 2. The molecule has 0 unspecified atom stereocenters. The van der Waals surface area contributed by atoms with Crippen LogP contribution < -0.4 is 5.73 Å². The highest BCUT2D eigenvalue weighted by molar-refractivity contribution is 9.10. The molecule has 6 heteroatoms. The van der Waals surface area contributed by atoms with Gasteiger partial charge >= 0.3 is 0 Å². The van der Waals surface area contributed by atoms with Gasteiger partial charge < -0.3 is 5.73 Å². The fourth-order valence-electron chi connectivity index (χ4n) is 2.18. The number of hydrogen-bond donors (Lipinski definition) is 1. The van der Waals surface area contributed by atoms with Crippen LogP contribution in [0.25, 0.3) is 10.9 Å². The molecule has 0 saturated carbocycles. The van der Waals surface area contributed by atoms with E-state index < -0.39 is 0 Å². The zero-order valence-electron chi connectivity index (χ0n) is 10.8. The first kappa shape index (κ1) is 13.4. The Bertz CT molecular complexity index is 797. The lowest BCUT2D eigenvalue weighted by Gasteiger charge is -2.08. The Morgan fingerprint density at radius 3 is 2.85 bits per heavy atom. The third kappa shape index (κ3) is 2.17. The summed E-state index contributed by atoms with van der Waals surface area (Å²) < 4.78 is 2.72. The molecule has 2 heterocycles. The van der Waals surface area contributed by atoms with Crippen LogP contribution in [0.15, 0.2) is 34.9 Å². The molecule has 0 aliphatic rings. The molecular formula is C14H12BrClN4. The predicted octanol–water partition coefficient (Wildman–Crippen LogP) is 3.79. The summed E-state index contributed by atoms with van der Waals surface area (Å²) in [5.74, 6) is 0.483. The Kier molecular flexibility index (Phi) is 3.40. The van der Waals surface area contributed by atoms with Crippen molar-refractivity contribution < 1.29 is 0 Å². The summed E-state index contributed by atoms with van der Waals surface area (Å²) in [4.78, 5) is 4.45. The van der Waals surface area contributed by atoms with Crippen molar-refractivity contribution in [3.63, 3.8) is 0 Å². The monoisotopic (exact) mass is 350 g/mol. The van der Waals surface area contributed by atoms with Crippen molar-refractivity contribution in [2.24, 2.45) is 0 Å². The van der Waals surface area contributed by atoms with E-state index >= 15 is 0 Å². The molecule has 2 N–H and O–H groups in total. The SMILES string of the molecule is Cc1nn(Cc2ccc(Br)c3cccnc23)c(N)c1Cl. The van der Waals surface area contributed by atoms with Gasteiger partial charge in [-0.2, -0.15) is 5.10 Å². The molecule has 1 aromatic carbocycles. The van der Waals surface area contributed by atoms with Crippen LogP contribution in [0.2, 0.25) is 5.02 Å². The molecule has 102 valence electrons.